The molecule has 0 spiro atoms. The van der Waals surface area contributed by atoms with Crippen molar-refractivity contribution in [3.05, 3.63) is 29.8 Å². The predicted molar refractivity (Wildman–Crippen MR) is 82.2 cm³/mol. The molecule has 1 saturated carbocycles. The van der Waals surface area contributed by atoms with Crippen LogP contribution in [0.25, 0.3) is 0 Å². The van der Waals surface area contributed by atoms with E-state index in [1.807, 2.05) is 24.3 Å². The van der Waals surface area contributed by atoms with E-state index in [0.29, 0.717) is 12.8 Å². The maximum atomic E-state index is 12.2. The van der Waals surface area contributed by atoms with E-state index in [0.717, 1.165) is 12.1 Å². The fraction of sp³-hybridized carbons (Fsp3) is 0.529. The van der Waals surface area contributed by atoms with Crippen LogP contribution in [0.2, 0.25) is 0 Å². The van der Waals surface area contributed by atoms with Crippen LogP contribution in [0.3, 0.4) is 0 Å². The second-order valence-electron chi connectivity index (χ2n) is 6.80. The van der Waals surface area contributed by atoms with Gasteiger partial charge in [-0.1, -0.05) is 39.3 Å². The van der Waals surface area contributed by atoms with Gasteiger partial charge in [-0.2, -0.15) is 0 Å². The van der Waals surface area contributed by atoms with E-state index >= 15 is 0 Å². The first kappa shape index (κ1) is 15.5. The Labute approximate surface area is 125 Å². The minimum absolute atomic E-state index is 0.0718. The predicted octanol–water partition coefficient (Wildman–Crippen LogP) is 3.42. The molecular weight excluding hydrogens is 266 g/mol. The number of aliphatic carboxylic acids is 1. The highest BCUT2D eigenvalue weighted by atomic mass is 16.4. The molecule has 2 N–H and O–H groups in total. The lowest BCUT2D eigenvalue weighted by Gasteiger charge is -2.20. The highest BCUT2D eigenvalue weighted by Crippen LogP contribution is 2.33. The van der Waals surface area contributed by atoms with E-state index in [1.165, 1.54) is 5.56 Å². The van der Waals surface area contributed by atoms with Crippen molar-refractivity contribution in [2.45, 2.75) is 45.4 Å². The fourth-order valence-electron chi connectivity index (χ4n) is 2.86. The molecule has 0 radical (unpaired) electrons. The van der Waals surface area contributed by atoms with Gasteiger partial charge in [-0.05, 0) is 36.0 Å². The first-order valence-electron chi connectivity index (χ1n) is 7.43. The monoisotopic (exact) mass is 289 g/mol. The molecule has 0 unspecified atom stereocenters. The van der Waals surface area contributed by atoms with Crippen LogP contribution < -0.4 is 5.32 Å². The zero-order valence-electron chi connectivity index (χ0n) is 12.8. The molecule has 21 heavy (non-hydrogen) atoms. The molecule has 1 aliphatic rings. The highest BCUT2D eigenvalue weighted by Gasteiger charge is 2.37. The minimum atomic E-state index is -0.865. The van der Waals surface area contributed by atoms with E-state index in [1.54, 1.807) is 0 Å². The van der Waals surface area contributed by atoms with Gasteiger partial charge in [-0.3, -0.25) is 9.59 Å². The Morgan fingerprint density at radius 2 is 1.67 bits per heavy atom. The quantitative estimate of drug-likeness (QED) is 0.896. The summed E-state index contributed by atoms with van der Waals surface area (Å²) < 4.78 is 0. The van der Waals surface area contributed by atoms with Crippen LogP contribution in [0.1, 0.15) is 45.6 Å². The summed E-state index contributed by atoms with van der Waals surface area (Å²) in [6, 6.07) is 7.75. The van der Waals surface area contributed by atoms with Gasteiger partial charge in [-0.25, -0.2) is 0 Å². The summed E-state index contributed by atoms with van der Waals surface area (Å²) in [4.78, 5) is 23.4. The average molecular weight is 289 g/mol. The van der Waals surface area contributed by atoms with Crippen LogP contribution >= 0.6 is 0 Å². The SMILES string of the molecule is CC(C)(C)c1ccc(NC(=O)[C@@H]2CCC[C@@H]2C(=O)O)cc1. The number of rotatable bonds is 3. The van der Waals surface area contributed by atoms with E-state index in [2.05, 4.69) is 26.1 Å². The van der Waals surface area contributed by atoms with E-state index in [9.17, 15) is 9.59 Å². The maximum Gasteiger partial charge on any atom is 0.307 e. The van der Waals surface area contributed by atoms with Crippen LogP contribution in [0.4, 0.5) is 5.69 Å². The molecule has 2 rings (SSSR count). The second kappa shape index (κ2) is 5.88. The van der Waals surface area contributed by atoms with Crippen molar-refractivity contribution in [3.63, 3.8) is 0 Å². The largest absolute Gasteiger partial charge is 0.481 e. The lowest BCUT2D eigenvalue weighted by molar-refractivity contribution is -0.145. The maximum absolute atomic E-state index is 12.2. The van der Waals surface area contributed by atoms with Crippen molar-refractivity contribution in [3.8, 4) is 0 Å². The molecular formula is C17H23NO3. The van der Waals surface area contributed by atoms with Gasteiger partial charge in [0.05, 0.1) is 11.8 Å². The average Bonchev–Trinajstić information content (AvgIpc) is 2.87. The Kier molecular flexibility index (Phi) is 4.35. The number of anilines is 1. The third-order valence-electron chi connectivity index (χ3n) is 4.19. The number of amides is 1. The van der Waals surface area contributed by atoms with Crippen molar-refractivity contribution in [1.29, 1.82) is 0 Å². The third kappa shape index (κ3) is 3.63. The molecule has 1 fully saturated rings. The molecule has 4 nitrogen and oxygen atoms in total. The summed E-state index contributed by atoms with van der Waals surface area (Å²) in [5, 5.41) is 12.0. The Hall–Kier alpha value is -1.84. The molecule has 1 aliphatic carbocycles. The van der Waals surface area contributed by atoms with Crippen LogP contribution in [-0.4, -0.2) is 17.0 Å². The molecule has 0 aromatic heterocycles. The van der Waals surface area contributed by atoms with Crippen LogP contribution in [-0.2, 0) is 15.0 Å². The van der Waals surface area contributed by atoms with Gasteiger partial charge in [0, 0.05) is 5.69 Å². The number of carboxylic acids is 1. The number of benzene rings is 1. The summed E-state index contributed by atoms with van der Waals surface area (Å²) in [5.74, 6) is -2.00. The smallest absolute Gasteiger partial charge is 0.307 e. The van der Waals surface area contributed by atoms with Gasteiger partial charge in [0.2, 0.25) is 5.91 Å². The molecule has 4 heteroatoms. The topological polar surface area (TPSA) is 66.4 Å². The molecule has 1 aromatic carbocycles. The Morgan fingerprint density at radius 1 is 1.10 bits per heavy atom. The summed E-state index contributed by atoms with van der Waals surface area (Å²) in [6.07, 6.45) is 2.05. The van der Waals surface area contributed by atoms with Gasteiger partial charge in [0.25, 0.3) is 0 Å². The lowest BCUT2D eigenvalue weighted by atomic mass is 9.87. The lowest BCUT2D eigenvalue weighted by Crippen LogP contribution is -2.30. The normalized spacial score (nSPS) is 22.0. The summed E-state index contributed by atoms with van der Waals surface area (Å²) in [6.45, 7) is 6.41. The van der Waals surface area contributed by atoms with Gasteiger partial charge >= 0.3 is 5.97 Å². The first-order valence-corrected chi connectivity index (χ1v) is 7.43. The number of hydrogen-bond donors (Lipinski definition) is 2. The summed E-state index contributed by atoms with van der Waals surface area (Å²) >= 11 is 0. The number of carbonyl (C=O) groups excluding carboxylic acids is 1. The van der Waals surface area contributed by atoms with E-state index in [-0.39, 0.29) is 11.3 Å². The van der Waals surface area contributed by atoms with E-state index in [4.69, 9.17) is 5.11 Å². The van der Waals surface area contributed by atoms with Gasteiger partial charge in [0.15, 0.2) is 0 Å². The van der Waals surface area contributed by atoms with Crippen molar-refractivity contribution < 1.29 is 14.7 Å². The number of carbonyl (C=O) groups is 2. The number of carboxylic acid groups (broad SMARTS) is 1. The standard InChI is InChI=1S/C17H23NO3/c1-17(2,3)11-7-9-12(10-8-11)18-15(19)13-5-4-6-14(13)16(20)21/h7-10,13-14H,4-6H2,1-3H3,(H,18,19)(H,20,21)/t13-,14+/m1/s1. The van der Waals surface area contributed by atoms with Crippen molar-refractivity contribution in [2.24, 2.45) is 11.8 Å². The fourth-order valence-corrected chi connectivity index (χ4v) is 2.86. The number of hydrogen-bond acceptors (Lipinski definition) is 2. The molecule has 0 bridgehead atoms. The van der Waals surface area contributed by atoms with Gasteiger partial charge in [-0.15, -0.1) is 0 Å². The van der Waals surface area contributed by atoms with Crippen molar-refractivity contribution in [2.75, 3.05) is 5.32 Å². The Balaban J connectivity index is 2.04. The molecule has 1 aromatic rings. The first-order chi connectivity index (χ1) is 9.79. The summed E-state index contributed by atoms with van der Waals surface area (Å²) in [7, 11) is 0. The van der Waals surface area contributed by atoms with Crippen molar-refractivity contribution in [1.82, 2.24) is 0 Å². The zero-order valence-corrected chi connectivity index (χ0v) is 12.8. The number of nitrogens with one attached hydrogen (secondary N) is 1. The molecule has 2 atom stereocenters. The molecule has 0 aliphatic heterocycles. The van der Waals surface area contributed by atoms with Crippen LogP contribution in [0.5, 0.6) is 0 Å². The van der Waals surface area contributed by atoms with E-state index < -0.39 is 17.8 Å². The molecule has 1 amide bonds. The van der Waals surface area contributed by atoms with Crippen LogP contribution in [0.15, 0.2) is 24.3 Å². The van der Waals surface area contributed by atoms with Gasteiger partial charge in [0.1, 0.15) is 0 Å². The Bertz CT molecular complexity index is 528. The van der Waals surface area contributed by atoms with Gasteiger partial charge < -0.3 is 10.4 Å². The molecule has 114 valence electrons. The van der Waals surface area contributed by atoms with Crippen LogP contribution in [0, 0.1) is 11.8 Å². The second-order valence-corrected chi connectivity index (χ2v) is 6.80. The van der Waals surface area contributed by atoms with Crippen molar-refractivity contribution >= 4 is 17.6 Å². The third-order valence-corrected chi connectivity index (χ3v) is 4.19. The summed E-state index contributed by atoms with van der Waals surface area (Å²) in [5.41, 5.74) is 2.00. The highest BCUT2D eigenvalue weighted by molar-refractivity contribution is 5.95. The Morgan fingerprint density at radius 3 is 2.19 bits per heavy atom. The minimum Gasteiger partial charge on any atom is -0.481 e. The molecule has 0 heterocycles. The zero-order chi connectivity index (χ0) is 15.6. The molecule has 0 saturated heterocycles.